The smallest absolute Gasteiger partial charge is 0.257 e. The Morgan fingerprint density at radius 3 is 2.89 bits per heavy atom. The van der Waals surface area contributed by atoms with E-state index in [2.05, 4.69) is 15.9 Å². The molecule has 0 N–H and O–H groups in total. The van der Waals surface area contributed by atoms with E-state index in [0.717, 1.165) is 37.1 Å². The lowest BCUT2D eigenvalue weighted by Crippen LogP contribution is -2.44. The van der Waals surface area contributed by atoms with Crippen LogP contribution in [0.5, 0.6) is 0 Å². The van der Waals surface area contributed by atoms with Gasteiger partial charge in [0.2, 0.25) is 0 Å². The molecule has 5 heteroatoms. The number of amides is 1. The Kier molecular flexibility index (Phi) is 4.91. The molecule has 0 saturated carbocycles. The van der Waals surface area contributed by atoms with Gasteiger partial charge in [-0.25, -0.2) is 8.78 Å². The van der Waals surface area contributed by atoms with E-state index >= 15 is 0 Å². The molecule has 0 aromatic heterocycles. The van der Waals surface area contributed by atoms with Crippen LogP contribution in [0.25, 0.3) is 0 Å². The predicted molar refractivity (Wildman–Crippen MR) is 73.4 cm³/mol. The standard InChI is InChI=1S/C14H16BrF2NO/c15-8-7-10-4-1-2-9-18(10)14(19)11-5-3-6-12(16)13(11)17/h3,5-6,10H,1-2,4,7-9H2. The molecule has 1 heterocycles. The molecule has 0 bridgehead atoms. The average Bonchev–Trinajstić information content (AvgIpc) is 2.42. The number of piperidine rings is 1. The van der Waals surface area contributed by atoms with Crippen molar-refractivity contribution in [3.05, 3.63) is 35.4 Å². The summed E-state index contributed by atoms with van der Waals surface area (Å²) in [4.78, 5) is 14.0. The van der Waals surface area contributed by atoms with Gasteiger partial charge in [-0.2, -0.15) is 0 Å². The summed E-state index contributed by atoms with van der Waals surface area (Å²) in [6.45, 7) is 0.618. The average molecular weight is 332 g/mol. The van der Waals surface area contributed by atoms with Gasteiger partial charge >= 0.3 is 0 Å². The van der Waals surface area contributed by atoms with Crippen molar-refractivity contribution in [2.45, 2.75) is 31.7 Å². The minimum atomic E-state index is -1.05. The number of carbonyl (C=O) groups is 1. The normalized spacial score (nSPS) is 19.5. The molecule has 104 valence electrons. The Labute approximate surface area is 119 Å². The zero-order chi connectivity index (χ0) is 13.8. The minimum Gasteiger partial charge on any atom is -0.336 e. The molecule has 1 unspecified atom stereocenters. The van der Waals surface area contributed by atoms with E-state index in [1.807, 2.05) is 0 Å². The molecule has 1 saturated heterocycles. The Hall–Kier alpha value is -0.970. The van der Waals surface area contributed by atoms with E-state index in [-0.39, 0.29) is 11.6 Å². The van der Waals surface area contributed by atoms with Crippen molar-refractivity contribution in [2.24, 2.45) is 0 Å². The lowest BCUT2D eigenvalue weighted by Gasteiger charge is -2.35. The number of nitrogens with zero attached hydrogens (tertiary/aromatic N) is 1. The highest BCUT2D eigenvalue weighted by Crippen LogP contribution is 2.24. The lowest BCUT2D eigenvalue weighted by molar-refractivity contribution is 0.0604. The molecule has 0 spiro atoms. The van der Waals surface area contributed by atoms with Gasteiger partial charge < -0.3 is 4.90 Å². The molecular weight excluding hydrogens is 316 g/mol. The highest BCUT2D eigenvalue weighted by Gasteiger charge is 2.29. The Morgan fingerprint density at radius 1 is 1.37 bits per heavy atom. The first-order chi connectivity index (χ1) is 9.15. The summed E-state index contributed by atoms with van der Waals surface area (Å²) in [7, 11) is 0. The summed E-state index contributed by atoms with van der Waals surface area (Å²) < 4.78 is 26.9. The molecule has 1 aromatic carbocycles. The third-order valence-electron chi connectivity index (χ3n) is 3.51. The molecule has 19 heavy (non-hydrogen) atoms. The van der Waals surface area contributed by atoms with Gasteiger partial charge in [-0.15, -0.1) is 0 Å². The maximum absolute atomic E-state index is 13.7. The van der Waals surface area contributed by atoms with E-state index < -0.39 is 17.5 Å². The first kappa shape index (κ1) is 14.4. The predicted octanol–water partition coefficient (Wildman–Crippen LogP) is 3.74. The zero-order valence-corrected chi connectivity index (χ0v) is 12.1. The molecule has 1 amide bonds. The second kappa shape index (κ2) is 6.46. The molecule has 1 aliphatic heterocycles. The van der Waals surface area contributed by atoms with Crippen molar-refractivity contribution < 1.29 is 13.6 Å². The fourth-order valence-corrected chi connectivity index (χ4v) is 3.05. The maximum atomic E-state index is 13.7. The SMILES string of the molecule is O=C(c1cccc(F)c1F)N1CCCCC1CCBr. The van der Waals surface area contributed by atoms with E-state index in [4.69, 9.17) is 0 Å². The Morgan fingerprint density at radius 2 is 2.16 bits per heavy atom. The van der Waals surface area contributed by atoms with Gasteiger partial charge in [0.05, 0.1) is 5.56 Å². The lowest BCUT2D eigenvalue weighted by atomic mass is 9.98. The van der Waals surface area contributed by atoms with E-state index in [0.29, 0.717) is 6.54 Å². The minimum absolute atomic E-state index is 0.114. The second-order valence-corrected chi connectivity index (χ2v) is 5.52. The monoisotopic (exact) mass is 331 g/mol. The summed E-state index contributed by atoms with van der Waals surface area (Å²) in [6, 6.07) is 3.86. The highest BCUT2D eigenvalue weighted by atomic mass is 79.9. The third kappa shape index (κ3) is 3.14. The van der Waals surface area contributed by atoms with Crippen molar-refractivity contribution in [1.29, 1.82) is 0 Å². The Balaban J connectivity index is 2.23. The van der Waals surface area contributed by atoms with Crippen LogP contribution >= 0.6 is 15.9 Å². The van der Waals surface area contributed by atoms with Crippen molar-refractivity contribution >= 4 is 21.8 Å². The number of likely N-dealkylation sites (tertiary alicyclic amines) is 1. The maximum Gasteiger partial charge on any atom is 0.257 e. The number of hydrogen-bond donors (Lipinski definition) is 0. The fourth-order valence-electron chi connectivity index (χ4n) is 2.52. The van der Waals surface area contributed by atoms with Gasteiger partial charge in [0.15, 0.2) is 11.6 Å². The number of benzene rings is 1. The molecule has 2 nitrogen and oxygen atoms in total. The molecule has 1 aliphatic rings. The van der Waals surface area contributed by atoms with Crippen LogP contribution in [0.15, 0.2) is 18.2 Å². The van der Waals surface area contributed by atoms with E-state index in [9.17, 15) is 13.6 Å². The highest BCUT2D eigenvalue weighted by molar-refractivity contribution is 9.09. The Bertz CT molecular complexity index is 465. The van der Waals surface area contributed by atoms with Crippen LogP contribution in [-0.2, 0) is 0 Å². The van der Waals surface area contributed by atoms with Gasteiger partial charge in [-0.1, -0.05) is 22.0 Å². The van der Waals surface area contributed by atoms with Crippen molar-refractivity contribution in [3.63, 3.8) is 0 Å². The quantitative estimate of drug-likeness (QED) is 0.772. The molecule has 1 fully saturated rings. The number of halogens is 3. The number of hydrogen-bond acceptors (Lipinski definition) is 1. The largest absolute Gasteiger partial charge is 0.336 e. The fraction of sp³-hybridized carbons (Fsp3) is 0.500. The summed E-state index contributed by atoms with van der Waals surface area (Å²) in [5, 5.41) is 0.799. The van der Waals surface area contributed by atoms with Gasteiger partial charge in [-0.05, 0) is 37.8 Å². The topological polar surface area (TPSA) is 20.3 Å². The van der Waals surface area contributed by atoms with Crippen molar-refractivity contribution in [1.82, 2.24) is 4.90 Å². The molecule has 2 rings (SSSR count). The summed E-state index contributed by atoms with van der Waals surface area (Å²) in [5.74, 6) is -2.42. The van der Waals surface area contributed by atoms with Crippen LogP contribution in [0, 0.1) is 11.6 Å². The van der Waals surface area contributed by atoms with Gasteiger partial charge in [0.25, 0.3) is 5.91 Å². The molecule has 0 radical (unpaired) electrons. The number of alkyl halides is 1. The van der Waals surface area contributed by atoms with Crippen molar-refractivity contribution in [3.8, 4) is 0 Å². The van der Waals surface area contributed by atoms with Crippen molar-refractivity contribution in [2.75, 3.05) is 11.9 Å². The second-order valence-electron chi connectivity index (χ2n) is 4.73. The molecule has 1 atom stereocenters. The zero-order valence-electron chi connectivity index (χ0n) is 10.5. The first-order valence-electron chi connectivity index (χ1n) is 6.46. The number of carbonyl (C=O) groups excluding carboxylic acids is 1. The molecular formula is C14H16BrF2NO. The molecule has 0 aliphatic carbocycles. The van der Waals surface area contributed by atoms with Gasteiger partial charge in [0, 0.05) is 17.9 Å². The van der Waals surface area contributed by atoms with Crippen LogP contribution in [0.4, 0.5) is 8.78 Å². The van der Waals surface area contributed by atoms with Crippen LogP contribution in [-0.4, -0.2) is 28.7 Å². The van der Waals surface area contributed by atoms with Gasteiger partial charge in [0.1, 0.15) is 0 Å². The van der Waals surface area contributed by atoms with Gasteiger partial charge in [-0.3, -0.25) is 4.79 Å². The van der Waals surface area contributed by atoms with Crippen LogP contribution in [0.1, 0.15) is 36.0 Å². The summed E-state index contributed by atoms with van der Waals surface area (Å²) >= 11 is 3.37. The summed E-state index contributed by atoms with van der Waals surface area (Å²) in [6.07, 6.45) is 3.76. The van der Waals surface area contributed by atoms with E-state index in [1.54, 1.807) is 4.90 Å². The summed E-state index contributed by atoms with van der Waals surface area (Å²) in [5.41, 5.74) is -0.165. The van der Waals surface area contributed by atoms with E-state index in [1.165, 1.54) is 12.1 Å². The van der Waals surface area contributed by atoms with Crippen LogP contribution in [0.3, 0.4) is 0 Å². The van der Waals surface area contributed by atoms with Crippen LogP contribution in [0.2, 0.25) is 0 Å². The molecule has 1 aromatic rings. The third-order valence-corrected chi connectivity index (χ3v) is 3.97. The number of rotatable bonds is 3. The first-order valence-corrected chi connectivity index (χ1v) is 7.58. The van der Waals surface area contributed by atoms with Crippen LogP contribution < -0.4 is 0 Å².